The van der Waals surface area contributed by atoms with Gasteiger partial charge in [0.15, 0.2) is 11.5 Å². The first-order valence-corrected chi connectivity index (χ1v) is 8.39. The van der Waals surface area contributed by atoms with Gasteiger partial charge >= 0.3 is 0 Å². The van der Waals surface area contributed by atoms with E-state index in [9.17, 15) is 4.39 Å². The molecular formula is C21H21ClFN2O2-. The zero-order chi connectivity index (χ0) is 18.2. The molecule has 0 atom stereocenters. The highest BCUT2D eigenvalue weighted by atomic mass is 35.5. The van der Waals surface area contributed by atoms with Crippen LogP contribution in [0.1, 0.15) is 16.7 Å². The number of pyridine rings is 1. The highest BCUT2D eigenvalue weighted by molar-refractivity contribution is 5.46. The minimum Gasteiger partial charge on any atom is -1.00 e. The lowest BCUT2D eigenvalue weighted by Crippen LogP contribution is -3.00. The SMILES string of the molecule is COc1cccc(CNCc2ccncc2)c1OCc1ccccc1F.[Cl-]. The molecule has 0 bridgehead atoms. The molecule has 4 nitrogen and oxygen atoms in total. The summed E-state index contributed by atoms with van der Waals surface area (Å²) in [5.41, 5.74) is 2.61. The molecule has 27 heavy (non-hydrogen) atoms. The fourth-order valence-electron chi connectivity index (χ4n) is 2.63. The fraction of sp³-hybridized carbons (Fsp3) is 0.190. The Balaban J connectivity index is 0.00000261. The van der Waals surface area contributed by atoms with E-state index in [4.69, 9.17) is 9.47 Å². The molecule has 0 aliphatic carbocycles. The minimum atomic E-state index is -0.278. The zero-order valence-corrected chi connectivity index (χ0v) is 15.7. The number of methoxy groups -OCH3 is 1. The molecule has 3 aromatic rings. The molecule has 6 heteroatoms. The third-order valence-corrected chi connectivity index (χ3v) is 4.00. The number of rotatable bonds is 8. The normalized spacial score (nSPS) is 10.1. The van der Waals surface area contributed by atoms with Crippen molar-refractivity contribution >= 4 is 0 Å². The maximum atomic E-state index is 13.8. The van der Waals surface area contributed by atoms with Gasteiger partial charge in [-0.2, -0.15) is 0 Å². The average molecular weight is 388 g/mol. The lowest BCUT2D eigenvalue weighted by Gasteiger charge is -2.16. The van der Waals surface area contributed by atoms with Gasteiger partial charge in [-0.3, -0.25) is 4.98 Å². The first kappa shape index (κ1) is 20.7. The Morgan fingerprint density at radius 1 is 0.926 bits per heavy atom. The van der Waals surface area contributed by atoms with E-state index in [-0.39, 0.29) is 24.8 Å². The van der Waals surface area contributed by atoms with E-state index in [1.54, 1.807) is 37.7 Å². The van der Waals surface area contributed by atoms with E-state index in [1.165, 1.54) is 6.07 Å². The van der Waals surface area contributed by atoms with Crippen molar-refractivity contribution in [3.05, 3.63) is 89.5 Å². The summed E-state index contributed by atoms with van der Waals surface area (Å²) in [5.74, 6) is 0.977. The molecule has 1 aromatic heterocycles. The molecular weight excluding hydrogens is 367 g/mol. The second kappa shape index (κ2) is 10.5. The molecule has 1 heterocycles. The van der Waals surface area contributed by atoms with Crippen LogP contribution in [0.3, 0.4) is 0 Å². The molecule has 0 saturated heterocycles. The van der Waals surface area contributed by atoms with Gasteiger partial charge in [0.05, 0.1) is 7.11 Å². The molecule has 142 valence electrons. The van der Waals surface area contributed by atoms with Crippen molar-refractivity contribution < 1.29 is 26.3 Å². The van der Waals surface area contributed by atoms with Crippen LogP contribution in [-0.2, 0) is 19.7 Å². The number of hydrogen-bond acceptors (Lipinski definition) is 4. The predicted molar refractivity (Wildman–Crippen MR) is 98.5 cm³/mol. The van der Waals surface area contributed by atoms with Crippen LogP contribution >= 0.6 is 0 Å². The first-order valence-electron chi connectivity index (χ1n) is 8.39. The Morgan fingerprint density at radius 2 is 1.67 bits per heavy atom. The second-order valence-electron chi connectivity index (χ2n) is 5.79. The predicted octanol–water partition coefficient (Wildman–Crippen LogP) is 1.10. The number of para-hydroxylation sites is 1. The Labute approximate surface area is 164 Å². The number of aromatic nitrogens is 1. The van der Waals surface area contributed by atoms with Gasteiger partial charge in [-0.25, -0.2) is 4.39 Å². The van der Waals surface area contributed by atoms with Gasteiger partial charge < -0.3 is 27.2 Å². The van der Waals surface area contributed by atoms with E-state index in [0.717, 1.165) is 11.1 Å². The summed E-state index contributed by atoms with van der Waals surface area (Å²) in [7, 11) is 1.60. The van der Waals surface area contributed by atoms with Crippen LogP contribution in [0, 0.1) is 5.82 Å². The smallest absolute Gasteiger partial charge is 0.166 e. The highest BCUT2D eigenvalue weighted by Gasteiger charge is 2.12. The summed E-state index contributed by atoms with van der Waals surface area (Å²) in [6.45, 7) is 1.46. The summed E-state index contributed by atoms with van der Waals surface area (Å²) in [6, 6.07) is 16.3. The summed E-state index contributed by atoms with van der Waals surface area (Å²) in [5, 5.41) is 3.38. The van der Waals surface area contributed by atoms with Crippen LogP contribution in [0.4, 0.5) is 4.39 Å². The lowest BCUT2D eigenvalue weighted by molar-refractivity contribution is -0.00000649. The number of benzene rings is 2. The Hall–Kier alpha value is -2.63. The summed E-state index contributed by atoms with van der Waals surface area (Å²) in [4.78, 5) is 4.01. The zero-order valence-electron chi connectivity index (χ0n) is 15.0. The number of hydrogen-bond donors (Lipinski definition) is 1. The largest absolute Gasteiger partial charge is 1.00 e. The van der Waals surface area contributed by atoms with Crippen molar-refractivity contribution in [1.82, 2.24) is 10.3 Å². The number of halogens is 2. The fourth-order valence-corrected chi connectivity index (χ4v) is 2.63. The molecule has 1 N–H and O–H groups in total. The van der Waals surface area contributed by atoms with Crippen LogP contribution in [-0.4, -0.2) is 12.1 Å². The van der Waals surface area contributed by atoms with Gasteiger partial charge in [0.2, 0.25) is 0 Å². The van der Waals surface area contributed by atoms with E-state index >= 15 is 0 Å². The van der Waals surface area contributed by atoms with Crippen molar-refractivity contribution in [2.24, 2.45) is 0 Å². The molecule has 0 saturated carbocycles. The monoisotopic (exact) mass is 387 g/mol. The maximum Gasteiger partial charge on any atom is 0.166 e. The van der Waals surface area contributed by atoms with Crippen molar-refractivity contribution in [3.8, 4) is 11.5 Å². The summed E-state index contributed by atoms with van der Waals surface area (Å²) in [6.07, 6.45) is 3.54. The molecule has 0 radical (unpaired) electrons. The Morgan fingerprint density at radius 3 is 2.41 bits per heavy atom. The number of nitrogens with one attached hydrogen (secondary N) is 1. The Kier molecular flexibility index (Phi) is 8.04. The quantitative estimate of drug-likeness (QED) is 0.628. The molecule has 0 unspecified atom stereocenters. The van der Waals surface area contributed by atoms with Gasteiger partial charge in [-0.1, -0.05) is 30.3 Å². The van der Waals surface area contributed by atoms with Crippen LogP contribution in [0.15, 0.2) is 67.0 Å². The van der Waals surface area contributed by atoms with Gasteiger partial charge in [0, 0.05) is 36.6 Å². The van der Waals surface area contributed by atoms with E-state index in [2.05, 4.69) is 10.3 Å². The van der Waals surface area contributed by atoms with E-state index in [1.807, 2.05) is 30.3 Å². The Bertz CT molecular complexity index is 847. The second-order valence-corrected chi connectivity index (χ2v) is 5.79. The van der Waals surface area contributed by atoms with Gasteiger partial charge in [-0.05, 0) is 29.8 Å². The third kappa shape index (κ3) is 5.67. The maximum absolute atomic E-state index is 13.8. The molecule has 0 amide bonds. The van der Waals surface area contributed by atoms with E-state index in [0.29, 0.717) is 30.2 Å². The van der Waals surface area contributed by atoms with Gasteiger partial charge in [0.1, 0.15) is 12.4 Å². The van der Waals surface area contributed by atoms with Crippen LogP contribution < -0.4 is 27.2 Å². The number of nitrogens with zero attached hydrogens (tertiary/aromatic N) is 1. The van der Waals surface area contributed by atoms with Crippen LogP contribution in [0.2, 0.25) is 0 Å². The highest BCUT2D eigenvalue weighted by Crippen LogP contribution is 2.32. The van der Waals surface area contributed by atoms with Gasteiger partial charge in [-0.15, -0.1) is 0 Å². The first-order chi connectivity index (χ1) is 12.8. The molecule has 2 aromatic carbocycles. The van der Waals surface area contributed by atoms with Crippen molar-refractivity contribution in [2.75, 3.05) is 7.11 Å². The van der Waals surface area contributed by atoms with Crippen molar-refractivity contribution in [3.63, 3.8) is 0 Å². The minimum absolute atomic E-state index is 0. The molecule has 3 rings (SSSR count). The van der Waals surface area contributed by atoms with Gasteiger partial charge in [0.25, 0.3) is 0 Å². The molecule has 0 aliphatic heterocycles. The number of ether oxygens (including phenoxy) is 2. The molecule has 0 aliphatic rings. The molecule has 0 spiro atoms. The van der Waals surface area contributed by atoms with Crippen LogP contribution in [0.5, 0.6) is 11.5 Å². The standard InChI is InChI=1S/C21H21FN2O2.ClH/c1-25-20-8-4-6-17(14-24-13-16-9-11-23-12-10-16)21(20)26-15-18-5-2-3-7-19(18)22;/h2-12,24H,13-15H2,1H3;1H/p-1. The van der Waals surface area contributed by atoms with Crippen molar-refractivity contribution in [1.29, 1.82) is 0 Å². The van der Waals surface area contributed by atoms with Crippen LogP contribution in [0.25, 0.3) is 0 Å². The lowest BCUT2D eigenvalue weighted by atomic mass is 10.1. The summed E-state index contributed by atoms with van der Waals surface area (Å²) < 4.78 is 25.2. The summed E-state index contributed by atoms with van der Waals surface area (Å²) >= 11 is 0. The molecule has 0 fully saturated rings. The average Bonchev–Trinajstić information content (AvgIpc) is 2.68. The topological polar surface area (TPSA) is 43.4 Å². The van der Waals surface area contributed by atoms with E-state index < -0.39 is 0 Å². The van der Waals surface area contributed by atoms with Crippen molar-refractivity contribution in [2.45, 2.75) is 19.7 Å². The third-order valence-electron chi connectivity index (χ3n) is 4.00.